The van der Waals surface area contributed by atoms with E-state index in [1.54, 1.807) is 18.6 Å². The van der Waals surface area contributed by atoms with Crippen LogP contribution in [-0.2, 0) is 12.8 Å². The predicted octanol–water partition coefficient (Wildman–Crippen LogP) is 5.59. The molecule has 3 aromatic heterocycles. The molecule has 0 bridgehead atoms. The first kappa shape index (κ1) is 21.6. The van der Waals surface area contributed by atoms with Gasteiger partial charge in [-0.15, -0.1) is 0 Å². The van der Waals surface area contributed by atoms with Gasteiger partial charge in [0.2, 0.25) is 0 Å². The Morgan fingerprint density at radius 1 is 1.19 bits per heavy atom. The summed E-state index contributed by atoms with van der Waals surface area (Å²) in [5, 5.41) is 13.5. The summed E-state index contributed by atoms with van der Waals surface area (Å²) in [7, 11) is 0. The van der Waals surface area contributed by atoms with E-state index in [1.807, 2.05) is 60.8 Å². The number of para-hydroxylation sites is 1. The van der Waals surface area contributed by atoms with Gasteiger partial charge < -0.3 is 15.4 Å². The summed E-state index contributed by atoms with van der Waals surface area (Å²) in [6.45, 7) is 0. The molecule has 1 atom stereocenters. The van der Waals surface area contributed by atoms with Gasteiger partial charge in [-0.1, -0.05) is 42.0 Å². The molecule has 3 N–H and O–H groups in total. The van der Waals surface area contributed by atoms with Crippen LogP contribution in [-0.4, -0.2) is 32.2 Å². The van der Waals surface area contributed by atoms with E-state index in [2.05, 4.69) is 20.3 Å². The molecule has 0 fully saturated rings. The molecule has 0 saturated carbocycles. The zero-order valence-electron chi connectivity index (χ0n) is 17.3. The van der Waals surface area contributed by atoms with E-state index in [0.29, 0.717) is 24.4 Å². The minimum absolute atomic E-state index is 0.224. The summed E-state index contributed by atoms with van der Waals surface area (Å²) in [6.07, 6.45) is 11.9. The Hall–Kier alpha value is -3.64. The van der Waals surface area contributed by atoms with Crippen molar-refractivity contribution in [1.29, 1.82) is 0 Å². The van der Waals surface area contributed by atoms with Gasteiger partial charge in [0.05, 0.1) is 0 Å². The molecular formula is C25H23ClN4O2. The van der Waals surface area contributed by atoms with Crippen molar-refractivity contribution in [3.8, 4) is 0 Å². The Morgan fingerprint density at radius 2 is 2.00 bits per heavy atom. The van der Waals surface area contributed by atoms with Crippen LogP contribution < -0.4 is 5.32 Å². The summed E-state index contributed by atoms with van der Waals surface area (Å²) >= 11 is 6.28. The quantitative estimate of drug-likeness (QED) is 0.307. The van der Waals surface area contributed by atoms with Gasteiger partial charge in [0, 0.05) is 47.3 Å². The number of amides is 1. The van der Waals surface area contributed by atoms with E-state index in [-0.39, 0.29) is 6.04 Å². The second kappa shape index (κ2) is 10.1. The van der Waals surface area contributed by atoms with E-state index in [0.717, 1.165) is 33.2 Å². The highest BCUT2D eigenvalue weighted by Crippen LogP contribution is 2.22. The third kappa shape index (κ3) is 5.53. The molecule has 0 radical (unpaired) electrons. The van der Waals surface area contributed by atoms with E-state index >= 15 is 0 Å². The number of nitrogens with one attached hydrogen (secondary N) is 2. The third-order valence-corrected chi connectivity index (χ3v) is 5.65. The number of aromatic nitrogens is 3. The summed E-state index contributed by atoms with van der Waals surface area (Å²) in [4.78, 5) is 22.9. The number of pyridine rings is 2. The topological polar surface area (TPSA) is 90.9 Å². The molecule has 32 heavy (non-hydrogen) atoms. The number of carboxylic acid groups (broad SMARTS) is 1. The average Bonchev–Trinajstić information content (AvgIpc) is 3.20. The van der Waals surface area contributed by atoms with Crippen molar-refractivity contribution in [1.82, 2.24) is 20.3 Å². The fourth-order valence-corrected chi connectivity index (χ4v) is 3.90. The lowest BCUT2D eigenvalue weighted by atomic mass is 9.99. The molecule has 0 aliphatic heterocycles. The van der Waals surface area contributed by atoms with Crippen LogP contribution in [0.1, 0.15) is 28.7 Å². The largest absolute Gasteiger partial charge is 0.465 e. The molecule has 0 aliphatic rings. The number of nitrogens with zero attached hydrogens (tertiary/aromatic N) is 2. The standard InChI is InChI=1S/C25H23ClN4O2/c26-24-19(7-5-17-9-11-27-12-10-17)13-18(15-29-24)6-8-21(30-25(31)32)14-20-16-28-23-4-2-1-3-22(20)23/h1-5,7,9-13,15-16,21,28,30H,6,8,14H2,(H,31,32). The molecule has 4 aromatic rings. The maximum atomic E-state index is 11.4. The molecule has 162 valence electrons. The second-order valence-electron chi connectivity index (χ2n) is 7.59. The molecule has 1 aromatic carbocycles. The van der Waals surface area contributed by atoms with E-state index in [9.17, 15) is 9.90 Å². The van der Waals surface area contributed by atoms with Gasteiger partial charge in [0.25, 0.3) is 0 Å². The second-order valence-corrected chi connectivity index (χ2v) is 7.94. The fraction of sp³-hybridized carbons (Fsp3) is 0.160. The van der Waals surface area contributed by atoms with Crippen LogP contribution in [0.25, 0.3) is 23.1 Å². The molecule has 3 heterocycles. The zero-order chi connectivity index (χ0) is 22.3. The lowest BCUT2D eigenvalue weighted by Gasteiger charge is -2.17. The van der Waals surface area contributed by atoms with Crippen LogP contribution in [0.15, 0.2) is 67.3 Å². The molecule has 4 rings (SSSR count). The first-order chi connectivity index (χ1) is 15.6. The van der Waals surface area contributed by atoms with Gasteiger partial charge in [-0.2, -0.15) is 0 Å². The Bertz CT molecular complexity index is 1240. The maximum Gasteiger partial charge on any atom is 0.404 e. The number of benzene rings is 1. The molecule has 1 amide bonds. The van der Waals surface area contributed by atoms with Crippen molar-refractivity contribution in [2.24, 2.45) is 0 Å². The van der Waals surface area contributed by atoms with Crippen molar-refractivity contribution in [3.63, 3.8) is 0 Å². The summed E-state index contributed by atoms with van der Waals surface area (Å²) in [5.74, 6) is 0. The zero-order valence-corrected chi connectivity index (χ0v) is 18.1. The maximum absolute atomic E-state index is 11.4. The van der Waals surface area contributed by atoms with Gasteiger partial charge in [-0.25, -0.2) is 9.78 Å². The first-order valence-electron chi connectivity index (χ1n) is 10.4. The number of fused-ring (bicyclic) bond motifs is 1. The van der Waals surface area contributed by atoms with Crippen molar-refractivity contribution in [3.05, 3.63) is 94.7 Å². The van der Waals surface area contributed by atoms with Crippen LogP contribution in [0.4, 0.5) is 4.79 Å². The number of hydrogen-bond acceptors (Lipinski definition) is 3. The van der Waals surface area contributed by atoms with E-state index in [4.69, 9.17) is 11.6 Å². The number of carbonyl (C=O) groups is 1. The van der Waals surface area contributed by atoms with Crippen molar-refractivity contribution in [2.45, 2.75) is 25.3 Å². The minimum atomic E-state index is -1.02. The smallest absolute Gasteiger partial charge is 0.404 e. The minimum Gasteiger partial charge on any atom is -0.465 e. The highest BCUT2D eigenvalue weighted by atomic mass is 35.5. The summed E-state index contributed by atoms with van der Waals surface area (Å²) in [5.41, 5.74) is 4.98. The molecule has 0 aliphatic carbocycles. The van der Waals surface area contributed by atoms with Crippen molar-refractivity contribution in [2.75, 3.05) is 0 Å². The molecule has 7 heteroatoms. The Kier molecular flexibility index (Phi) is 6.82. The molecule has 0 spiro atoms. The number of aromatic amines is 1. The highest BCUT2D eigenvalue weighted by molar-refractivity contribution is 6.31. The molecular weight excluding hydrogens is 424 g/mol. The van der Waals surface area contributed by atoms with Crippen molar-refractivity contribution >= 4 is 40.7 Å². The Labute approximate surface area is 191 Å². The van der Waals surface area contributed by atoms with E-state index < -0.39 is 6.09 Å². The van der Waals surface area contributed by atoms with Crippen LogP contribution in [0.2, 0.25) is 5.15 Å². The van der Waals surface area contributed by atoms with Gasteiger partial charge in [-0.05, 0) is 60.2 Å². The van der Waals surface area contributed by atoms with Crippen molar-refractivity contribution < 1.29 is 9.90 Å². The van der Waals surface area contributed by atoms with Crippen LogP contribution in [0.5, 0.6) is 0 Å². The number of halogens is 1. The fourth-order valence-electron chi connectivity index (χ4n) is 3.73. The first-order valence-corrected chi connectivity index (χ1v) is 10.7. The molecule has 1 unspecified atom stereocenters. The summed E-state index contributed by atoms with van der Waals surface area (Å²) < 4.78 is 0. The average molecular weight is 447 g/mol. The lowest BCUT2D eigenvalue weighted by Crippen LogP contribution is -2.35. The van der Waals surface area contributed by atoms with Gasteiger partial charge in [0.15, 0.2) is 0 Å². The van der Waals surface area contributed by atoms with E-state index in [1.165, 1.54) is 0 Å². The number of H-pyrrole nitrogens is 1. The third-order valence-electron chi connectivity index (χ3n) is 5.33. The van der Waals surface area contributed by atoms with Gasteiger partial charge >= 0.3 is 6.09 Å². The summed E-state index contributed by atoms with van der Waals surface area (Å²) in [6, 6.07) is 13.6. The predicted molar refractivity (Wildman–Crippen MR) is 128 cm³/mol. The van der Waals surface area contributed by atoms with Gasteiger partial charge in [-0.3, -0.25) is 4.98 Å². The molecule has 6 nitrogen and oxygen atoms in total. The van der Waals surface area contributed by atoms with Gasteiger partial charge in [0.1, 0.15) is 5.15 Å². The van der Waals surface area contributed by atoms with Crippen LogP contribution in [0, 0.1) is 0 Å². The SMILES string of the molecule is O=C(O)NC(CCc1cnc(Cl)c(C=Cc2ccncc2)c1)Cc1c[nH]c2ccccc12. The normalized spacial score (nSPS) is 12.3. The Balaban J connectivity index is 1.47. The van der Waals surface area contributed by atoms with Crippen LogP contribution >= 0.6 is 11.6 Å². The number of aryl methyl sites for hydroxylation is 1. The Morgan fingerprint density at radius 3 is 2.81 bits per heavy atom. The lowest BCUT2D eigenvalue weighted by molar-refractivity contribution is 0.189. The monoisotopic (exact) mass is 446 g/mol. The van der Waals surface area contributed by atoms with Crippen LogP contribution in [0.3, 0.4) is 0 Å². The molecule has 0 saturated heterocycles. The number of hydrogen-bond donors (Lipinski definition) is 3. The highest BCUT2D eigenvalue weighted by Gasteiger charge is 2.15. The number of rotatable bonds is 8.